The predicted molar refractivity (Wildman–Crippen MR) is 110 cm³/mol. The fraction of sp³-hybridized carbons (Fsp3) is 0.211. The lowest BCUT2D eigenvalue weighted by molar-refractivity contribution is -0.387. The van der Waals surface area contributed by atoms with Crippen LogP contribution in [-0.2, 0) is 9.84 Å². The van der Waals surface area contributed by atoms with Crippen molar-refractivity contribution in [3.05, 3.63) is 69.0 Å². The zero-order valence-electron chi connectivity index (χ0n) is 15.8. The Balaban J connectivity index is 1.90. The number of nitrogens with zero attached hydrogens (tertiary/aromatic N) is 2. The van der Waals surface area contributed by atoms with Crippen LogP contribution >= 0.6 is 11.3 Å². The summed E-state index contributed by atoms with van der Waals surface area (Å²) < 4.78 is 37.0. The molecule has 2 aromatic carbocycles. The summed E-state index contributed by atoms with van der Waals surface area (Å²) in [5.41, 5.74) is 1.57. The zero-order valence-corrected chi connectivity index (χ0v) is 17.5. The summed E-state index contributed by atoms with van der Waals surface area (Å²) in [5, 5.41) is 15.0. The molecule has 1 atom stereocenters. The van der Waals surface area contributed by atoms with Gasteiger partial charge in [0.2, 0.25) is 0 Å². The first-order chi connectivity index (χ1) is 13.6. The van der Waals surface area contributed by atoms with Crippen LogP contribution in [0.15, 0.2) is 47.4 Å². The van der Waals surface area contributed by atoms with Crippen LogP contribution in [0.1, 0.15) is 23.5 Å². The van der Waals surface area contributed by atoms with Crippen molar-refractivity contribution in [3.8, 4) is 10.6 Å². The van der Waals surface area contributed by atoms with Gasteiger partial charge in [0.05, 0.1) is 16.7 Å². The van der Waals surface area contributed by atoms with Gasteiger partial charge in [-0.1, -0.05) is 0 Å². The molecule has 0 aliphatic heterocycles. The molecule has 10 heteroatoms. The highest BCUT2D eigenvalue weighted by molar-refractivity contribution is 7.90. The first kappa shape index (κ1) is 20.9. The van der Waals surface area contributed by atoms with Gasteiger partial charge in [-0.25, -0.2) is 17.8 Å². The molecule has 3 aromatic rings. The van der Waals surface area contributed by atoms with Gasteiger partial charge in [-0.2, -0.15) is 0 Å². The average Bonchev–Trinajstić information content (AvgIpc) is 3.03. The van der Waals surface area contributed by atoms with E-state index in [2.05, 4.69) is 10.3 Å². The summed E-state index contributed by atoms with van der Waals surface area (Å²) in [5.74, 6) is -0.322. The van der Waals surface area contributed by atoms with Gasteiger partial charge in [0.25, 0.3) is 5.69 Å². The second-order valence-electron chi connectivity index (χ2n) is 6.55. The highest BCUT2D eigenvalue weighted by atomic mass is 32.2. The van der Waals surface area contributed by atoms with Crippen LogP contribution in [0.25, 0.3) is 10.6 Å². The fourth-order valence-electron chi connectivity index (χ4n) is 2.89. The van der Waals surface area contributed by atoms with Crippen LogP contribution in [0.5, 0.6) is 0 Å². The molecule has 0 saturated heterocycles. The molecule has 0 radical (unpaired) electrons. The van der Waals surface area contributed by atoms with Crippen LogP contribution in [0.3, 0.4) is 0 Å². The minimum absolute atomic E-state index is 0.226. The normalized spacial score (nSPS) is 12.6. The maximum absolute atomic E-state index is 13.1. The van der Waals surface area contributed by atoms with Crippen molar-refractivity contribution in [1.29, 1.82) is 0 Å². The van der Waals surface area contributed by atoms with Crippen LogP contribution in [0, 0.1) is 22.9 Å². The number of nitro groups is 1. The SMILES string of the molecule is Cc1nc(-c2ccc(F)cc2)sc1C(C)Nc1ccc([N+](=O)[O-])c(S(C)(=O)=O)c1. The third-order valence-corrected chi connectivity index (χ3v) is 6.77. The van der Waals surface area contributed by atoms with Crippen molar-refractivity contribution < 1.29 is 17.7 Å². The Morgan fingerprint density at radius 2 is 1.86 bits per heavy atom. The molecular formula is C19H18FN3O4S2. The number of sulfone groups is 1. The fourth-order valence-corrected chi connectivity index (χ4v) is 4.83. The second-order valence-corrected chi connectivity index (χ2v) is 9.57. The van der Waals surface area contributed by atoms with Crippen molar-refractivity contribution in [2.75, 3.05) is 11.6 Å². The van der Waals surface area contributed by atoms with E-state index in [1.807, 2.05) is 13.8 Å². The Morgan fingerprint density at radius 1 is 1.21 bits per heavy atom. The summed E-state index contributed by atoms with van der Waals surface area (Å²) in [6.07, 6.45) is 0.935. The van der Waals surface area contributed by atoms with E-state index in [4.69, 9.17) is 0 Å². The number of benzene rings is 2. The van der Waals surface area contributed by atoms with Gasteiger partial charge in [-0.05, 0) is 50.2 Å². The van der Waals surface area contributed by atoms with E-state index in [9.17, 15) is 22.9 Å². The first-order valence-corrected chi connectivity index (χ1v) is 11.3. The number of hydrogen-bond donors (Lipinski definition) is 1. The van der Waals surface area contributed by atoms with Crippen LogP contribution in [0.2, 0.25) is 0 Å². The smallest absolute Gasteiger partial charge is 0.288 e. The van der Waals surface area contributed by atoms with Crippen molar-refractivity contribution in [3.63, 3.8) is 0 Å². The number of thiazole rings is 1. The summed E-state index contributed by atoms with van der Waals surface area (Å²) in [4.78, 5) is 15.5. The van der Waals surface area contributed by atoms with E-state index >= 15 is 0 Å². The highest BCUT2D eigenvalue weighted by Gasteiger charge is 2.23. The molecule has 0 aliphatic carbocycles. The topological polar surface area (TPSA) is 102 Å². The number of aryl methyl sites for hydroxylation is 1. The van der Waals surface area contributed by atoms with Crippen LogP contribution in [0.4, 0.5) is 15.8 Å². The average molecular weight is 436 g/mol. The van der Waals surface area contributed by atoms with Gasteiger partial charge in [0.15, 0.2) is 9.84 Å². The summed E-state index contributed by atoms with van der Waals surface area (Å²) in [6, 6.07) is 9.74. The Bertz CT molecular complexity index is 1170. The lowest BCUT2D eigenvalue weighted by Gasteiger charge is -2.15. The largest absolute Gasteiger partial charge is 0.378 e. The number of aromatic nitrogens is 1. The molecule has 0 amide bonds. The quantitative estimate of drug-likeness (QED) is 0.443. The maximum atomic E-state index is 13.1. The van der Waals surface area contributed by atoms with E-state index in [1.165, 1.54) is 41.7 Å². The highest BCUT2D eigenvalue weighted by Crippen LogP contribution is 2.34. The molecule has 0 bridgehead atoms. The molecule has 1 N–H and O–H groups in total. The molecule has 1 heterocycles. The molecule has 152 valence electrons. The third-order valence-electron chi connectivity index (χ3n) is 4.26. The predicted octanol–water partition coefficient (Wildman–Crippen LogP) is 4.74. The molecule has 0 fully saturated rings. The molecule has 0 spiro atoms. The van der Waals surface area contributed by atoms with Crippen molar-refractivity contribution in [2.45, 2.75) is 24.8 Å². The molecule has 1 aromatic heterocycles. The molecule has 3 rings (SSSR count). The van der Waals surface area contributed by atoms with Gasteiger partial charge < -0.3 is 5.32 Å². The van der Waals surface area contributed by atoms with E-state index in [0.717, 1.165) is 27.4 Å². The Morgan fingerprint density at radius 3 is 2.45 bits per heavy atom. The number of halogens is 1. The van der Waals surface area contributed by atoms with E-state index in [1.54, 1.807) is 12.1 Å². The van der Waals surface area contributed by atoms with Gasteiger partial charge in [-0.15, -0.1) is 11.3 Å². The number of nitro benzene ring substituents is 1. The minimum atomic E-state index is -3.77. The first-order valence-electron chi connectivity index (χ1n) is 8.54. The number of rotatable bonds is 6. The van der Waals surface area contributed by atoms with Crippen molar-refractivity contribution in [1.82, 2.24) is 4.98 Å². The van der Waals surface area contributed by atoms with Crippen molar-refractivity contribution >= 4 is 32.5 Å². The zero-order chi connectivity index (χ0) is 21.3. The third kappa shape index (κ3) is 4.60. The van der Waals surface area contributed by atoms with Gasteiger partial charge in [-0.3, -0.25) is 10.1 Å². The van der Waals surface area contributed by atoms with E-state index in [0.29, 0.717) is 5.69 Å². The van der Waals surface area contributed by atoms with Gasteiger partial charge in [0.1, 0.15) is 15.7 Å². The monoisotopic (exact) mass is 435 g/mol. The Hall–Kier alpha value is -2.85. The number of hydrogen-bond acceptors (Lipinski definition) is 7. The molecule has 1 unspecified atom stereocenters. The standard InChI is InChI=1S/C19H18FN3O4S2/c1-11(18-12(2)22-19(28-18)13-4-6-14(20)7-5-13)21-15-8-9-16(23(24)25)17(10-15)29(3,26)27/h4-11,21H,1-3H3. The summed E-state index contributed by atoms with van der Waals surface area (Å²) in [6.45, 7) is 3.74. The minimum Gasteiger partial charge on any atom is -0.378 e. The van der Waals surface area contributed by atoms with Gasteiger partial charge in [0, 0.05) is 28.5 Å². The van der Waals surface area contributed by atoms with E-state index in [-0.39, 0.29) is 16.8 Å². The molecular weight excluding hydrogens is 417 g/mol. The second kappa shape index (κ2) is 7.88. The molecule has 0 aliphatic rings. The van der Waals surface area contributed by atoms with Crippen LogP contribution in [-0.4, -0.2) is 24.6 Å². The molecule has 0 saturated carbocycles. The summed E-state index contributed by atoms with van der Waals surface area (Å²) in [7, 11) is -3.77. The lowest BCUT2D eigenvalue weighted by atomic mass is 10.2. The van der Waals surface area contributed by atoms with Crippen molar-refractivity contribution in [2.24, 2.45) is 0 Å². The Labute approximate surface area is 171 Å². The van der Waals surface area contributed by atoms with E-state index < -0.39 is 20.4 Å². The maximum Gasteiger partial charge on any atom is 0.288 e. The molecule has 29 heavy (non-hydrogen) atoms. The number of nitrogens with one attached hydrogen (secondary N) is 1. The summed E-state index contributed by atoms with van der Waals surface area (Å²) >= 11 is 1.44. The van der Waals surface area contributed by atoms with Gasteiger partial charge >= 0.3 is 0 Å². The lowest BCUT2D eigenvalue weighted by Crippen LogP contribution is -2.08. The van der Waals surface area contributed by atoms with Crippen LogP contribution < -0.4 is 5.32 Å². The number of anilines is 1. The Kier molecular flexibility index (Phi) is 5.67. The molecule has 7 nitrogen and oxygen atoms in total.